The fraction of sp³-hybridized carbons (Fsp3) is 0.458. The first kappa shape index (κ1) is 32.0. The number of aryl methyl sites for hydroxylation is 3. The van der Waals surface area contributed by atoms with Crippen LogP contribution in [0, 0.1) is 20.8 Å². The molecule has 214 valence electrons. The number of nitrogens with zero attached hydrogens (tertiary/aromatic N) is 5. The number of rotatable bonds is 9. The summed E-state index contributed by atoms with van der Waals surface area (Å²) in [5.74, 6) is 1.60. The highest BCUT2D eigenvalue weighted by molar-refractivity contribution is 8.02. The van der Waals surface area contributed by atoms with Crippen molar-refractivity contribution in [2.24, 2.45) is 10.7 Å². The van der Waals surface area contributed by atoms with Crippen molar-refractivity contribution in [2.75, 3.05) is 44.0 Å². The van der Waals surface area contributed by atoms with Crippen LogP contribution in [0.4, 0.5) is 23.8 Å². The Morgan fingerprint density at radius 3 is 2.64 bits per heavy atom. The number of carbonyl (C=O) groups excluding carboxylic acids is 2. The second-order valence-electron chi connectivity index (χ2n) is 8.27. The maximum absolute atomic E-state index is 12.7. The number of ether oxygens (including phenoxy) is 1. The van der Waals surface area contributed by atoms with Crippen LogP contribution in [-0.2, 0) is 9.53 Å². The molecule has 39 heavy (non-hydrogen) atoms. The number of thiazole rings is 1. The van der Waals surface area contributed by atoms with Crippen LogP contribution in [-0.4, -0.2) is 89.9 Å². The summed E-state index contributed by atoms with van der Waals surface area (Å²) < 4.78 is 42.7. The Labute approximate surface area is 233 Å². The first-order chi connectivity index (χ1) is 18.5. The summed E-state index contributed by atoms with van der Waals surface area (Å²) in [7, 11) is 0. The van der Waals surface area contributed by atoms with Gasteiger partial charge < -0.3 is 25.6 Å². The highest BCUT2D eigenvalue weighted by atomic mass is 32.2. The molecule has 2 aromatic rings. The van der Waals surface area contributed by atoms with Crippen LogP contribution in [0.1, 0.15) is 21.1 Å². The second-order valence-corrected chi connectivity index (χ2v) is 10.3. The van der Waals surface area contributed by atoms with E-state index < -0.39 is 24.9 Å². The molecule has 15 heteroatoms. The highest BCUT2D eigenvalue weighted by Gasteiger charge is 2.47. The number of alkyl halides is 3. The van der Waals surface area contributed by atoms with Crippen molar-refractivity contribution in [3.05, 3.63) is 44.9 Å². The second kappa shape index (κ2) is 15.4. The Morgan fingerprint density at radius 1 is 1.36 bits per heavy atom. The first-order valence-corrected chi connectivity index (χ1v) is 13.7. The van der Waals surface area contributed by atoms with E-state index in [1.54, 1.807) is 23.1 Å². The number of pyridine rings is 1. The van der Waals surface area contributed by atoms with Gasteiger partial charge in [-0.2, -0.15) is 13.2 Å². The third-order valence-corrected chi connectivity index (χ3v) is 7.08. The molecule has 1 unspecified atom stereocenters. The topological polar surface area (TPSA) is 126 Å². The van der Waals surface area contributed by atoms with Gasteiger partial charge in [0.05, 0.1) is 33.7 Å². The zero-order valence-electron chi connectivity index (χ0n) is 21.9. The van der Waals surface area contributed by atoms with Gasteiger partial charge >= 0.3 is 12.3 Å². The molecule has 1 aliphatic heterocycles. The maximum Gasteiger partial charge on any atom is 0.410 e. The van der Waals surface area contributed by atoms with E-state index in [4.69, 9.17) is 5.73 Å². The Balaban J connectivity index is 0.000000277. The van der Waals surface area contributed by atoms with Crippen molar-refractivity contribution < 1.29 is 27.5 Å². The minimum absolute atomic E-state index is 0.00866. The van der Waals surface area contributed by atoms with Crippen LogP contribution >= 0.6 is 23.1 Å². The fourth-order valence-electron chi connectivity index (χ4n) is 3.36. The van der Waals surface area contributed by atoms with Crippen LogP contribution in [0.15, 0.2) is 28.7 Å². The number of aromatic nitrogens is 2. The lowest BCUT2D eigenvalue weighted by molar-refractivity contribution is -0.194. The zero-order chi connectivity index (χ0) is 29.0. The third kappa shape index (κ3) is 10.1. The Bertz CT molecular complexity index is 1130. The molecule has 3 rings (SSSR count). The molecule has 0 radical (unpaired) electrons. The number of hydrogen-bond acceptors (Lipinski definition) is 10. The third-order valence-electron chi connectivity index (χ3n) is 5.29. The molecular formula is C24H32F3N7O3S2. The predicted molar refractivity (Wildman–Crippen MR) is 149 cm³/mol. The number of halogens is 3. The lowest BCUT2D eigenvalue weighted by atomic mass is 10.2. The summed E-state index contributed by atoms with van der Waals surface area (Å²) >= 11 is 3.27. The fourth-order valence-corrected chi connectivity index (χ4v) is 5.00. The van der Waals surface area contributed by atoms with Gasteiger partial charge in [0.25, 0.3) is 0 Å². The number of nitrogens with one attached hydrogen (secondary N) is 1. The van der Waals surface area contributed by atoms with Crippen LogP contribution in [0.25, 0.3) is 5.70 Å². The summed E-state index contributed by atoms with van der Waals surface area (Å²) in [6.07, 6.45) is -3.43. The van der Waals surface area contributed by atoms with Gasteiger partial charge in [0.15, 0.2) is 0 Å². The quantitative estimate of drug-likeness (QED) is 0.195. The molecule has 1 fully saturated rings. The van der Waals surface area contributed by atoms with E-state index in [9.17, 15) is 22.8 Å². The van der Waals surface area contributed by atoms with Gasteiger partial charge in [-0.05, 0) is 44.5 Å². The summed E-state index contributed by atoms with van der Waals surface area (Å²) in [5, 5.41) is 6.31. The number of hydrogen-bond donors (Lipinski definition) is 2. The molecule has 1 atom stereocenters. The van der Waals surface area contributed by atoms with E-state index in [-0.39, 0.29) is 32.7 Å². The molecule has 3 heterocycles. The van der Waals surface area contributed by atoms with Crippen molar-refractivity contribution >= 4 is 53.8 Å². The lowest BCUT2D eigenvalue weighted by Crippen LogP contribution is -2.59. The number of anilines is 1. The van der Waals surface area contributed by atoms with E-state index in [0.717, 1.165) is 43.4 Å². The minimum Gasteiger partial charge on any atom is -0.448 e. The molecule has 10 nitrogen and oxygen atoms in total. The van der Waals surface area contributed by atoms with Crippen molar-refractivity contribution in [1.29, 1.82) is 0 Å². The average molecular weight is 588 g/mol. The molecule has 2 amide bonds. The van der Waals surface area contributed by atoms with Gasteiger partial charge in [-0.3, -0.25) is 9.79 Å². The molecule has 0 bridgehead atoms. The SMILES string of the molecule is C=N/C(=C\SCNc1ccc(C)cn1)c1sc(C)nc1C.NCCOC(=O)N1CCN(C=O)C(C(F)(F)F)C1. The minimum atomic E-state index is -4.58. The summed E-state index contributed by atoms with van der Waals surface area (Å²) in [6, 6.07) is 2.02. The monoisotopic (exact) mass is 587 g/mol. The van der Waals surface area contributed by atoms with Gasteiger partial charge in [0.1, 0.15) is 18.5 Å². The maximum atomic E-state index is 12.7. The smallest absolute Gasteiger partial charge is 0.410 e. The molecule has 0 aromatic carbocycles. The normalized spacial score (nSPS) is 15.8. The van der Waals surface area contributed by atoms with E-state index in [1.165, 1.54) is 0 Å². The number of thioether (sulfide) groups is 1. The van der Waals surface area contributed by atoms with Gasteiger partial charge in [-0.25, -0.2) is 14.8 Å². The number of aliphatic imine (C=N–C) groups is 1. The molecule has 1 saturated heterocycles. The van der Waals surface area contributed by atoms with Gasteiger partial charge in [-0.15, -0.1) is 23.1 Å². The Hall–Kier alpha value is -3.17. The predicted octanol–water partition coefficient (Wildman–Crippen LogP) is 4.05. The zero-order valence-corrected chi connectivity index (χ0v) is 23.5. The molecule has 2 aromatic heterocycles. The first-order valence-electron chi connectivity index (χ1n) is 11.8. The summed E-state index contributed by atoms with van der Waals surface area (Å²) in [5.41, 5.74) is 8.15. The van der Waals surface area contributed by atoms with Crippen molar-refractivity contribution in [3.63, 3.8) is 0 Å². The van der Waals surface area contributed by atoms with Crippen molar-refractivity contribution in [3.8, 4) is 0 Å². The number of carbonyl (C=O) groups is 2. The van der Waals surface area contributed by atoms with Gasteiger partial charge in [0, 0.05) is 25.8 Å². The molecule has 0 spiro atoms. The molecule has 0 aliphatic carbocycles. The number of amides is 2. The largest absolute Gasteiger partial charge is 0.448 e. The summed E-state index contributed by atoms with van der Waals surface area (Å²) in [6.45, 7) is 8.93. The molecule has 0 saturated carbocycles. The number of piperazine rings is 1. The van der Waals surface area contributed by atoms with Crippen molar-refractivity contribution in [2.45, 2.75) is 33.0 Å². The summed E-state index contributed by atoms with van der Waals surface area (Å²) in [4.78, 5) is 37.4. The van der Waals surface area contributed by atoms with Crippen LogP contribution in [0.5, 0.6) is 0 Å². The molecule has 1 aliphatic rings. The molecule has 3 N–H and O–H groups in total. The number of nitrogens with two attached hydrogens (primary N) is 1. The van der Waals surface area contributed by atoms with Gasteiger partial charge in [0.2, 0.25) is 6.41 Å². The van der Waals surface area contributed by atoms with E-state index in [1.807, 2.05) is 44.5 Å². The van der Waals surface area contributed by atoms with Crippen LogP contribution in [0.3, 0.4) is 0 Å². The van der Waals surface area contributed by atoms with Crippen LogP contribution < -0.4 is 11.1 Å². The standard InChI is InChI=1S/C15H18N4S2.C9H14F3N3O3/c1-10-5-6-14(17-7-10)18-9-20-8-13(16-4)15-11(2)19-12(3)21-15;10-9(11,12)7-5-14(2-3-15(7)6-16)8(17)18-4-1-13/h5-8H,4,9H2,1-3H3,(H,17,18);6-7H,1-5,13H2/b13-8-;. The molecular weight excluding hydrogens is 555 g/mol. The van der Waals surface area contributed by atoms with E-state index in [2.05, 4.69) is 31.7 Å². The lowest BCUT2D eigenvalue weighted by Gasteiger charge is -2.39. The Kier molecular flexibility index (Phi) is 12.7. The van der Waals surface area contributed by atoms with Crippen molar-refractivity contribution in [1.82, 2.24) is 19.8 Å². The Morgan fingerprint density at radius 2 is 2.10 bits per heavy atom. The average Bonchev–Trinajstić information content (AvgIpc) is 3.25. The van der Waals surface area contributed by atoms with Gasteiger partial charge in [-0.1, -0.05) is 6.07 Å². The highest BCUT2D eigenvalue weighted by Crippen LogP contribution is 2.29. The van der Waals surface area contributed by atoms with Crippen LogP contribution in [0.2, 0.25) is 0 Å². The van der Waals surface area contributed by atoms with E-state index in [0.29, 0.717) is 4.90 Å². The van der Waals surface area contributed by atoms with E-state index >= 15 is 0 Å².